The monoisotopic (exact) mass is 313 g/mol. The number of nitrogens with zero attached hydrogens (tertiary/aromatic N) is 3. The number of aliphatic hydroxyl groups is 1. The molecule has 0 radical (unpaired) electrons. The van der Waals surface area contributed by atoms with Crippen molar-refractivity contribution in [3.05, 3.63) is 29.7 Å². The van der Waals surface area contributed by atoms with E-state index in [1.807, 2.05) is 13.8 Å². The Morgan fingerprint density at radius 2 is 2.13 bits per heavy atom. The second-order valence-corrected chi connectivity index (χ2v) is 5.10. The number of hydrogen-bond acceptors (Lipinski definition) is 7. The zero-order chi connectivity index (χ0) is 16.8. The third-order valence-electron chi connectivity index (χ3n) is 3.06. The minimum Gasteiger partial charge on any atom is -0.451 e. The van der Waals surface area contributed by atoms with Crippen molar-refractivity contribution in [3.8, 4) is 23.8 Å². The zero-order valence-electron chi connectivity index (χ0n) is 13.1. The summed E-state index contributed by atoms with van der Waals surface area (Å²) in [7, 11) is 0. The van der Waals surface area contributed by atoms with E-state index in [2.05, 4.69) is 26.2 Å². The molecule has 120 valence electrons. The Hall–Kier alpha value is -2.85. The van der Waals surface area contributed by atoms with Crippen molar-refractivity contribution >= 4 is 11.8 Å². The normalized spacial score (nSPS) is 10.4. The van der Waals surface area contributed by atoms with Gasteiger partial charge in [-0.1, -0.05) is 19.8 Å². The molecular formula is C16H19N5O2. The summed E-state index contributed by atoms with van der Waals surface area (Å²) in [6.45, 7) is 4.33. The molecule has 0 bridgehead atoms. The van der Waals surface area contributed by atoms with Crippen LogP contribution in [-0.4, -0.2) is 33.2 Å². The highest BCUT2D eigenvalue weighted by molar-refractivity contribution is 5.54. The quantitative estimate of drug-likeness (QED) is 0.698. The van der Waals surface area contributed by atoms with Crippen LogP contribution in [0.5, 0.6) is 11.5 Å². The number of pyridine rings is 1. The molecule has 2 rings (SSSR count). The summed E-state index contributed by atoms with van der Waals surface area (Å²) in [5, 5.41) is 11.9. The van der Waals surface area contributed by atoms with Crippen molar-refractivity contribution in [2.75, 3.05) is 24.2 Å². The third kappa shape index (κ3) is 4.08. The summed E-state index contributed by atoms with van der Waals surface area (Å²) in [6, 6.07) is 1.70. The summed E-state index contributed by atoms with van der Waals surface area (Å²) in [5.41, 5.74) is 6.99. The minimum atomic E-state index is -0.0446. The fraction of sp³-hybridized carbons (Fsp3) is 0.312. The van der Waals surface area contributed by atoms with Crippen molar-refractivity contribution in [1.82, 2.24) is 15.0 Å². The lowest BCUT2D eigenvalue weighted by molar-refractivity contribution is 0.310. The van der Waals surface area contributed by atoms with Gasteiger partial charge in [-0.3, -0.25) is 0 Å². The highest BCUT2D eigenvalue weighted by Gasteiger charge is 2.14. The van der Waals surface area contributed by atoms with Crippen LogP contribution in [0.3, 0.4) is 0 Å². The summed E-state index contributed by atoms with van der Waals surface area (Å²) in [6.07, 6.45) is 8.58. The van der Waals surface area contributed by atoms with Crippen LogP contribution in [0.1, 0.15) is 31.0 Å². The van der Waals surface area contributed by atoms with Crippen LogP contribution in [0.15, 0.2) is 18.5 Å². The molecule has 0 aliphatic heterocycles. The molecule has 0 spiro atoms. The van der Waals surface area contributed by atoms with E-state index in [9.17, 15) is 0 Å². The summed E-state index contributed by atoms with van der Waals surface area (Å²) in [4.78, 5) is 12.2. The predicted octanol–water partition coefficient (Wildman–Crippen LogP) is 1.75. The van der Waals surface area contributed by atoms with Crippen molar-refractivity contribution in [2.45, 2.75) is 19.8 Å². The summed E-state index contributed by atoms with van der Waals surface area (Å²) in [5.74, 6) is 4.18. The Bertz CT molecular complexity index is 725. The van der Waals surface area contributed by atoms with E-state index in [4.69, 9.17) is 22.0 Å². The number of ether oxygens (including phenoxy) is 1. The topological polar surface area (TPSA) is 106 Å². The van der Waals surface area contributed by atoms with Gasteiger partial charge in [0.05, 0.1) is 12.8 Å². The molecule has 0 atom stereocenters. The van der Waals surface area contributed by atoms with Crippen molar-refractivity contribution in [3.63, 3.8) is 0 Å². The van der Waals surface area contributed by atoms with Crippen molar-refractivity contribution in [1.29, 1.82) is 0 Å². The molecular weight excluding hydrogens is 294 g/mol. The molecule has 0 aliphatic carbocycles. The highest BCUT2D eigenvalue weighted by Crippen LogP contribution is 2.33. The molecule has 0 aromatic carbocycles. The van der Waals surface area contributed by atoms with E-state index in [0.717, 1.165) is 5.56 Å². The minimum absolute atomic E-state index is 0.0446. The standard InChI is InChI=1S/C16H19N5O2/c1-4-11-7-13(12(8-19-11)10(2)3)23-14-9-20-16(17)21-15(14)18-5-6-22/h1,7-10,22H,5-6H2,2-3H3,(H3,17,18,20,21). The molecule has 0 aliphatic rings. The number of hydrogen-bond donors (Lipinski definition) is 3. The third-order valence-corrected chi connectivity index (χ3v) is 3.06. The molecule has 0 fully saturated rings. The van der Waals surface area contributed by atoms with Gasteiger partial charge in [0.15, 0.2) is 11.6 Å². The van der Waals surface area contributed by atoms with E-state index in [1.54, 1.807) is 12.3 Å². The number of aromatic nitrogens is 3. The van der Waals surface area contributed by atoms with E-state index in [1.165, 1.54) is 6.20 Å². The molecule has 2 aromatic rings. The summed E-state index contributed by atoms with van der Waals surface area (Å²) < 4.78 is 5.94. The molecule has 7 nitrogen and oxygen atoms in total. The molecule has 0 saturated heterocycles. The molecule has 0 saturated carbocycles. The molecule has 2 heterocycles. The molecule has 23 heavy (non-hydrogen) atoms. The van der Waals surface area contributed by atoms with Gasteiger partial charge in [-0.15, -0.1) is 6.42 Å². The van der Waals surface area contributed by atoms with Gasteiger partial charge in [0.2, 0.25) is 5.95 Å². The van der Waals surface area contributed by atoms with Gasteiger partial charge in [0.1, 0.15) is 11.4 Å². The van der Waals surface area contributed by atoms with Crippen LogP contribution in [0, 0.1) is 12.3 Å². The number of nitrogen functional groups attached to an aromatic ring is 1. The van der Waals surface area contributed by atoms with Gasteiger partial charge in [-0.05, 0) is 5.92 Å². The van der Waals surface area contributed by atoms with Crippen LogP contribution in [0.4, 0.5) is 11.8 Å². The first-order valence-electron chi connectivity index (χ1n) is 7.16. The van der Waals surface area contributed by atoms with Gasteiger partial charge < -0.3 is 20.9 Å². The zero-order valence-corrected chi connectivity index (χ0v) is 13.1. The van der Waals surface area contributed by atoms with Gasteiger partial charge in [-0.25, -0.2) is 9.97 Å². The summed E-state index contributed by atoms with van der Waals surface area (Å²) >= 11 is 0. The Labute approximate surface area is 134 Å². The van der Waals surface area contributed by atoms with E-state index in [-0.39, 0.29) is 18.5 Å². The smallest absolute Gasteiger partial charge is 0.222 e. The maximum atomic E-state index is 8.95. The molecule has 0 unspecified atom stereocenters. The van der Waals surface area contributed by atoms with Crippen LogP contribution in [0.25, 0.3) is 0 Å². The number of anilines is 2. The second-order valence-electron chi connectivity index (χ2n) is 5.10. The second kappa shape index (κ2) is 7.42. The van der Waals surface area contributed by atoms with E-state index in [0.29, 0.717) is 29.6 Å². The average molecular weight is 313 g/mol. The van der Waals surface area contributed by atoms with Crippen LogP contribution in [0.2, 0.25) is 0 Å². The van der Waals surface area contributed by atoms with Crippen LogP contribution < -0.4 is 15.8 Å². The van der Waals surface area contributed by atoms with E-state index < -0.39 is 0 Å². The van der Waals surface area contributed by atoms with Gasteiger partial charge >= 0.3 is 0 Å². The van der Waals surface area contributed by atoms with E-state index >= 15 is 0 Å². The highest BCUT2D eigenvalue weighted by atomic mass is 16.5. The largest absolute Gasteiger partial charge is 0.451 e. The Kier molecular flexibility index (Phi) is 5.33. The number of nitrogens with one attached hydrogen (secondary N) is 1. The maximum Gasteiger partial charge on any atom is 0.222 e. The Balaban J connectivity index is 2.40. The van der Waals surface area contributed by atoms with Gasteiger partial charge in [0.25, 0.3) is 0 Å². The molecule has 0 amide bonds. The lowest BCUT2D eigenvalue weighted by Crippen LogP contribution is -2.10. The predicted molar refractivity (Wildman–Crippen MR) is 88.4 cm³/mol. The van der Waals surface area contributed by atoms with Crippen molar-refractivity contribution < 1.29 is 9.84 Å². The number of rotatable bonds is 6. The van der Waals surface area contributed by atoms with Gasteiger partial charge in [-0.2, -0.15) is 4.98 Å². The maximum absolute atomic E-state index is 8.95. The molecule has 2 aromatic heterocycles. The number of nitrogens with two attached hydrogens (primary N) is 1. The van der Waals surface area contributed by atoms with Crippen LogP contribution in [-0.2, 0) is 0 Å². The number of aliphatic hydroxyl groups excluding tert-OH is 1. The Morgan fingerprint density at radius 3 is 2.78 bits per heavy atom. The first-order valence-corrected chi connectivity index (χ1v) is 7.16. The SMILES string of the molecule is C#Cc1cc(Oc2cnc(N)nc2NCCO)c(C(C)C)cn1. The first kappa shape index (κ1) is 16.5. The lowest BCUT2D eigenvalue weighted by atomic mass is 10.0. The average Bonchev–Trinajstić information content (AvgIpc) is 2.54. The first-order chi connectivity index (χ1) is 11.0. The fourth-order valence-corrected chi connectivity index (χ4v) is 1.93. The molecule has 7 heteroatoms. The van der Waals surface area contributed by atoms with Crippen LogP contribution >= 0.6 is 0 Å². The fourth-order valence-electron chi connectivity index (χ4n) is 1.93. The Morgan fingerprint density at radius 1 is 1.35 bits per heavy atom. The van der Waals surface area contributed by atoms with Gasteiger partial charge in [0, 0.05) is 24.4 Å². The number of terminal acetylenes is 1. The van der Waals surface area contributed by atoms with Crippen molar-refractivity contribution in [2.24, 2.45) is 0 Å². The lowest BCUT2D eigenvalue weighted by Gasteiger charge is -2.16. The molecule has 4 N–H and O–H groups in total.